The Balaban J connectivity index is 2.06. The van der Waals surface area contributed by atoms with Crippen LogP contribution in [-0.4, -0.2) is 24.1 Å². The number of carbonyl (C=O) groups is 2. The molecule has 0 aromatic rings. The lowest BCUT2D eigenvalue weighted by molar-refractivity contribution is -0.267. The highest BCUT2D eigenvalue weighted by atomic mass is 16.6. The van der Waals surface area contributed by atoms with Gasteiger partial charge >= 0.3 is 0 Å². The van der Waals surface area contributed by atoms with E-state index in [1.54, 1.807) is 0 Å². The topological polar surface area (TPSA) is 52.6 Å². The van der Waals surface area contributed by atoms with Crippen LogP contribution in [0.2, 0.25) is 0 Å². The van der Waals surface area contributed by atoms with E-state index in [2.05, 4.69) is 13.8 Å². The van der Waals surface area contributed by atoms with Crippen molar-refractivity contribution in [3.63, 3.8) is 0 Å². The van der Waals surface area contributed by atoms with Crippen LogP contribution < -0.4 is 0 Å². The first-order valence-corrected chi connectivity index (χ1v) is 7.72. The maximum Gasteiger partial charge on any atom is 0.293 e. The fraction of sp³-hybridized carbons (Fsp3) is 0.875. The summed E-state index contributed by atoms with van der Waals surface area (Å²) in [6.07, 6.45) is 7.71. The predicted molar refractivity (Wildman–Crippen MR) is 72.9 cm³/mol. The van der Waals surface area contributed by atoms with Crippen LogP contribution in [0.4, 0.5) is 0 Å². The SMILES string of the molecule is CCC12CC3(CC)CC(OC=O)(C1)CC(OC=O)(C2)C3. The Morgan fingerprint density at radius 3 is 1.45 bits per heavy atom. The summed E-state index contributed by atoms with van der Waals surface area (Å²) in [5.74, 6) is 0. The van der Waals surface area contributed by atoms with E-state index in [1.807, 2.05) is 0 Å². The Morgan fingerprint density at radius 2 is 1.15 bits per heavy atom. The van der Waals surface area contributed by atoms with Gasteiger partial charge in [-0.3, -0.25) is 9.59 Å². The maximum absolute atomic E-state index is 11.0. The lowest BCUT2D eigenvalue weighted by atomic mass is 9.40. The zero-order valence-corrected chi connectivity index (χ0v) is 12.4. The van der Waals surface area contributed by atoms with E-state index in [0.29, 0.717) is 19.4 Å². The van der Waals surface area contributed by atoms with E-state index in [1.165, 1.54) is 6.42 Å². The highest BCUT2D eigenvalue weighted by molar-refractivity contribution is 5.42. The molecule has 0 unspecified atom stereocenters. The molecule has 0 aromatic carbocycles. The minimum Gasteiger partial charge on any atom is -0.461 e. The van der Waals surface area contributed by atoms with Gasteiger partial charge in [-0.1, -0.05) is 26.7 Å². The molecule has 0 atom stereocenters. The molecule has 20 heavy (non-hydrogen) atoms. The third-order valence-corrected chi connectivity index (χ3v) is 6.28. The quantitative estimate of drug-likeness (QED) is 0.702. The third-order valence-electron chi connectivity index (χ3n) is 6.28. The first-order chi connectivity index (χ1) is 9.49. The monoisotopic (exact) mass is 280 g/mol. The van der Waals surface area contributed by atoms with Gasteiger partial charge in [-0.25, -0.2) is 0 Å². The summed E-state index contributed by atoms with van der Waals surface area (Å²) in [7, 11) is 0. The number of ether oxygens (including phenoxy) is 2. The Hall–Kier alpha value is -1.06. The van der Waals surface area contributed by atoms with E-state index in [0.717, 1.165) is 38.5 Å². The van der Waals surface area contributed by atoms with E-state index in [9.17, 15) is 9.59 Å². The Morgan fingerprint density at radius 1 is 0.750 bits per heavy atom. The number of carbonyl (C=O) groups excluding carboxylic acids is 2. The van der Waals surface area contributed by atoms with Crippen LogP contribution >= 0.6 is 0 Å². The van der Waals surface area contributed by atoms with Crippen LogP contribution in [0.3, 0.4) is 0 Å². The molecule has 0 heterocycles. The Bertz CT molecular complexity index is 378. The van der Waals surface area contributed by atoms with Crippen LogP contribution in [0.5, 0.6) is 0 Å². The molecule has 0 saturated heterocycles. The molecule has 0 amide bonds. The van der Waals surface area contributed by atoms with Gasteiger partial charge in [0, 0.05) is 6.42 Å². The van der Waals surface area contributed by atoms with E-state index in [4.69, 9.17) is 9.47 Å². The van der Waals surface area contributed by atoms with Crippen molar-refractivity contribution in [1.82, 2.24) is 0 Å². The van der Waals surface area contributed by atoms with Crippen LogP contribution in [0.1, 0.15) is 65.2 Å². The van der Waals surface area contributed by atoms with Gasteiger partial charge in [0.15, 0.2) is 0 Å². The van der Waals surface area contributed by atoms with Crippen molar-refractivity contribution in [2.75, 3.05) is 0 Å². The van der Waals surface area contributed by atoms with E-state index < -0.39 is 11.2 Å². The number of hydrogen-bond donors (Lipinski definition) is 0. The first kappa shape index (κ1) is 13.9. The summed E-state index contributed by atoms with van der Waals surface area (Å²) in [6.45, 7) is 5.60. The zero-order chi connectivity index (χ0) is 14.5. The molecular formula is C16H24O4. The second kappa shape index (κ2) is 4.22. The molecule has 4 heteroatoms. The lowest BCUT2D eigenvalue weighted by Crippen LogP contribution is -2.67. The Labute approximate surface area is 120 Å². The maximum atomic E-state index is 11.0. The predicted octanol–water partition coefficient (Wildman–Crippen LogP) is 2.98. The van der Waals surface area contributed by atoms with E-state index in [-0.39, 0.29) is 10.8 Å². The van der Waals surface area contributed by atoms with Crippen LogP contribution in [-0.2, 0) is 19.1 Å². The van der Waals surface area contributed by atoms with E-state index >= 15 is 0 Å². The second-order valence-corrected chi connectivity index (χ2v) is 7.56. The minimum absolute atomic E-state index is 0.163. The van der Waals surface area contributed by atoms with Gasteiger partial charge in [0.25, 0.3) is 12.9 Å². The molecule has 0 aromatic heterocycles. The largest absolute Gasteiger partial charge is 0.461 e. The van der Waals surface area contributed by atoms with Crippen molar-refractivity contribution in [2.45, 2.75) is 76.4 Å². The third kappa shape index (κ3) is 1.80. The van der Waals surface area contributed by atoms with Crippen LogP contribution in [0.15, 0.2) is 0 Å². The van der Waals surface area contributed by atoms with Crippen molar-refractivity contribution in [2.24, 2.45) is 10.8 Å². The van der Waals surface area contributed by atoms with Gasteiger partial charge in [-0.15, -0.1) is 0 Å². The summed E-state index contributed by atoms with van der Waals surface area (Å²) < 4.78 is 11.2. The smallest absolute Gasteiger partial charge is 0.293 e. The molecule has 112 valence electrons. The van der Waals surface area contributed by atoms with Crippen molar-refractivity contribution in [1.29, 1.82) is 0 Å². The molecule has 4 bridgehead atoms. The minimum atomic E-state index is -0.411. The molecule has 0 N–H and O–H groups in total. The summed E-state index contributed by atoms with van der Waals surface area (Å²) in [5, 5.41) is 0. The first-order valence-electron chi connectivity index (χ1n) is 7.72. The molecule has 4 nitrogen and oxygen atoms in total. The normalized spacial score (nSPS) is 48.9. The number of rotatable bonds is 6. The van der Waals surface area contributed by atoms with Crippen molar-refractivity contribution in [3.8, 4) is 0 Å². The summed E-state index contributed by atoms with van der Waals surface area (Å²) in [6, 6.07) is 0. The molecule has 4 rings (SSSR count). The molecular weight excluding hydrogens is 256 g/mol. The fourth-order valence-electron chi connectivity index (χ4n) is 6.07. The molecule has 4 saturated carbocycles. The molecule has 4 aliphatic rings. The van der Waals surface area contributed by atoms with Crippen molar-refractivity contribution < 1.29 is 19.1 Å². The highest BCUT2D eigenvalue weighted by Gasteiger charge is 2.69. The van der Waals surface area contributed by atoms with Gasteiger partial charge in [-0.05, 0) is 42.9 Å². The van der Waals surface area contributed by atoms with Gasteiger partial charge in [-0.2, -0.15) is 0 Å². The summed E-state index contributed by atoms with van der Waals surface area (Å²) in [5.41, 5.74) is -0.495. The average molecular weight is 280 g/mol. The molecule has 4 fully saturated rings. The van der Waals surface area contributed by atoms with Gasteiger partial charge in [0.2, 0.25) is 0 Å². The Kier molecular flexibility index (Phi) is 2.93. The second-order valence-electron chi connectivity index (χ2n) is 7.56. The van der Waals surface area contributed by atoms with Gasteiger partial charge < -0.3 is 9.47 Å². The molecule has 0 spiro atoms. The lowest BCUT2D eigenvalue weighted by Gasteiger charge is -2.68. The fourth-order valence-corrected chi connectivity index (χ4v) is 6.07. The van der Waals surface area contributed by atoms with Crippen molar-refractivity contribution >= 4 is 12.9 Å². The molecule has 4 aliphatic carbocycles. The van der Waals surface area contributed by atoms with Gasteiger partial charge in [0.05, 0.1) is 0 Å². The van der Waals surface area contributed by atoms with Crippen LogP contribution in [0.25, 0.3) is 0 Å². The summed E-state index contributed by atoms with van der Waals surface area (Å²) in [4.78, 5) is 22.0. The molecule has 0 radical (unpaired) electrons. The summed E-state index contributed by atoms with van der Waals surface area (Å²) >= 11 is 0. The standard InChI is InChI=1S/C16H24O4/c1-3-13-5-14(4-2)8-15(6-13,19-11-17)10-16(7-13,9-14)20-12-18/h11-12H,3-10H2,1-2H3. The molecule has 0 aliphatic heterocycles. The number of hydrogen-bond acceptors (Lipinski definition) is 4. The van der Waals surface area contributed by atoms with Gasteiger partial charge in [0.1, 0.15) is 11.2 Å². The highest BCUT2D eigenvalue weighted by Crippen LogP contribution is 2.71. The van der Waals surface area contributed by atoms with Crippen molar-refractivity contribution in [3.05, 3.63) is 0 Å². The average Bonchev–Trinajstić information content (AvgIpc) is 2.37. The van der Waals surface area contributed by atoms with Crippen LogP contribution in [0, 0.1) is 10.8 Å². The zero-order valence-electron chi connectivity index (χ0n) is 12.4.